The molecule has 25 heavy (non-hydrogen) atoms. The van der Waals surface area contributed by atoms with Gasteiger partial charge in [0, 0.05) is 12.2 Å². The topological polar surface area (TPSA) is 88.5 Å². The van der Waals surface area contributed by atoms with Crippen molar-refractivity contribution < 1.29 is 18.9 Å². The first-order chi connectivity index (χ1) is 12.3. The second-order valence-corrected chi connectivity index (χ2v) is 5.07. The summed E-state index contributed by atoms with van der Waals surface area (Å²) in [6.45, 7) is 7.71. The highest BCUT2D eigenvalue weighted by molar-refractivity contribution is 5.54. The number of benzene rings is 1. The number of aryl methyl sites for hydroxylation is 1. The van der Waals surface area contributed by atoms with E-state index in [0.29, 0.717) is 57.9 Å². The second kappa shape index (κ2) is 11.4. The van der Waals surface area contributed by atoms with Crippen molar-refractivity contribution in [1.29, 1.82) is 0 Å². The maximum atomic E-state index is 5.62. The van der Waals surface area contributed by atoms with Gasteiger partial charge in [-0.15, -0.1) is 20.4 Å². The molecule has 0 bridgehead atoms. The maximum absolute atomic E-state index is 5.62. The first kappa shape index (κ1) is 19.2. The molecule has 0 unspecified atom stereocenters. The summed E-state index contributed by atoms with van der Waals surface area (Å²) < 4.78 is 21.6. The van der Waals surface area contributed by atoms with Gasteiger partial charge in [-0.3, -0.25) is 0 Å². The highest BCUT2D eigenvalue weighted by Gasteiger charge is 2.03. The van der Waals surface area contributed by atoms with Gasteiger partial charge in [0.25, 0.3) is 0 Å². The van der Waals surface area contributed by atoms with Crippen molar-refractivity contribution in [2.45, 2.75) is 13.8 Å². The Morgan fingerprint density at radius 3 is 1.88 bits per heavy atom. The third-order valence-corrected chi connectivity index (χ3v) is 3.14. The van der Waals surface area contributed by atoms with E-state index >= 15 is 0 Å². The predicted octanol–water partition coefficient (Wildman–Crippen LogP) is 1.69. The largest absolute Gasteiger partial charge is 0.491 e. The average molecular weight is 348 g/mol. The van der Waals surface area contributed by atoms with Crippen LogP contribution in [0.2, 0.25) is 0 Å². The molecule has 1 aromatic carbocycles. The molecule has 0 amide bonds. The molecule has 0 saturated carbocycles. The van der Waals surface area contributed by atoms with E-state index in [4.69, 9.17) is 18.9 Å². The van der Waals surface area contributed by atoms with Crippen LogP contribution >= 0.6 is 0 Å². The van der Waals surface area contributed by atoms with E-state index in [1.54, 1.807) is 6.92 Å². The molecule has 0 aliphatic heterocycles. The van der Waals surface area contributed by atoms with Crippen LogP contribution in [0.5, 0.6) is 5.75 Å². The lowest BCUT2D eigenvalue weighted by Crippen LogP contribution is -2.12. The molecule has 0 radical (unpaired) electrons. The summed E-state index contributed by atoms with van der Waals surface area (Å²) in [5.74, 6) is 1.79. The molecule has 8 nitrogen and oxygen atoms in total. The van der Waals surface area contributed by atoms with Gasteiger partial charge in [0.1, 0.15) is 12.4 Å². The smallest absolute Gasteiger partial charge is 0.203 e. The zero-order chi connectivity index (χ0) is 17.7. The summed E-state index contributed by atoms with van der Waals surface area (Å²) in [7, 11) is 0. The van der Waals surface area contributed by atoms with E-state index in [-0.39, 0.29) is 0 Å². The Kier molecular flexibility index (Phi) is 8.74. The van der Waals surface area contributed by atoms with Crippen LogP contribution in [0, 0.1) is 6.92 Å². The number of aromatic nitrogens is 4. The summed E-state index contributed by atoms with van der Waals surface area (Å²) in [5, 5.41) is 15.8. The van der Waals surface area contributed by atoms with Gasteiger partial charge >= 0.3 is 0 Å². The lowest BCUT2D eigenvalue weighted by molar-refractivity contribution is 0.0114. The number of hydrogen-bond donors (Lipinski definition) is 0. The Morgan fingerprint density at radius 1 is 0.720 bits per heavy atom. The van der Waals surface area contributed by atoms with Crippen molar-refractivity contribution >= 4 is 0 Å². The SMILES string of the molecule is CCOCCOCCOCCOc1ccc(-c2nnc(C)nn2)cc1. The van der Waals surface area contributed by atoms with Crippen LogP contribution in [0.1, 0.15) is 12.7 Å². The fraction of sp³-hybridized carbons (Fsp3) is 0.529. The van der Waals surface area contributed by atoms with Gasteiger partial charge in [0.15, 0.2) is 5.82 Å². The van der Waals surface area contributed by atoms with E-state index in [0.717, 1.165) is 11.3 Å². The Morgan fingerprint density at radius 2 is 1.28 bits per heavy atom. The van der Waals surface area contributed by atoms with Crippen LogP contribution in [0.4, 0.5) is 0 Å². The van der Waals surface area contributed by atoms with Gasteiger partial charge in [0.05, 0.1) is 33.0 Å². The van der Waals surface area contributed by atoms with E-state index in [9.17, 15) is 0 Å². The molecule has 0 atom stereocenters. The molecule has 136 valence electrons. The highest BCUT2D eigenvalue weighted by atomic mass is 16.6. The van der Waals surface area contributed by atoms with Crippen LogP contribution in [0.3, 0.4) is 0 Å². The summed E-state index contributed by atoms with van der Waals surface area (Å²) in [5.41, 5.74) is 0.841. The van der Waals surface area contributed by atoms with Crippen molar-refractivity contribution in [2.24, 2.45) is 0 Å². The molecule has 0 fully saturated rings. The lowest BCUT2D eigenvalue weighted by Gasteiger charge is -2.08. The zero-order valence-electron chi connectivity index (χ0n) is 14.7. The van der Waals surface area contributed by atoms with E-state index < -0.39 is 0 Å². The predicted molar refractivity (Wildman–Crippen MR) is 91.4 cm³/mol. The number of rotatable bonds is 12. The normalized spacial score (nSPS) is 10.8. The fourth-order valence-corrected chi connectivity index (χ4v) is 1.90. The van der Waals surface area contributed by atoms with Crippen LogP contribution in [0.25, 0.3) is 11.4 Å². The van der Waals surface area contributed by atoms with Gasteiger partial charge < -0.3 is 18.9 Å². The molecule has 0 N–H and O–H groups in total. The van der Waals surface area contributed by atoms with Crippen molar-refractivity contribution in [2.75, 3.05) is 46.2 Å². The Labute approximate surface area is 147 Å². The number of nitrogens with zero attached hydrogens (tertiary/aromatic N) is 4. The highest BCUT2D eigenvalue weighted by Crippen LogP contribution is 2.18. The van der Waals surface area contributed by atoms with Crippen LogP contribution in [-0.4, -0.2) is 66.6 Å². The number of hydrogen-bond acceptors (Lipinski definition) is 8. The van der Waals surface area contributed by atoms with Crippen LogP contribution in [0.15, 0.2) is 24.3 Å². The maximum Gasteiger partial charge on any atom is 0.203 e. The van der Waals surface area contributed by atoms with Crippen LogP contribution < -0.4 is 4.74 Å². The fourth-order valence-electron chi connectivity index (χ4n) is 1.90. The minimum atomic E-state index is 0.475. The molecule has 2 rings (SSSR count). The third-order valence-electron chi connectivity index (χ3n) is 3.14. The molecule has 8 heteroatoms. The summed E-state index contributed by atoms with van der Waals surface area (Å²) >= 11 is 0. The lowest BCUT2D eigenvalue weighted by atomic mass is 10.2. The second-order valence-electron chi connectivity index (χ2n) is 5.07. The zero-order valence-corrected chi connectivity index (χ0v) is 14.7. The quantitative estimate of drug-likeness (QED) is 0.536. The van der Waals surface area contributed by atoms with Gasteiger partial charge in [-0.25, -0.2) is 0 Å². The van der Waals surface area contributed by atoms with Gasteiger partial charge in [-0.05, 0) is 38.1 Å². The third kappa shape index (κ3) is 7.51. The van der Waals surface area contributed by atoms with E-state index in [1.807, 2.05) is 31.2 Å². The van der Waals surface area contributed by atoms with Gasteiger partial charge in [-0.1, -0.05) is 0 Å². The molecule has 2 aromatic rings. The van der Waals surface area contributed by atoms with Gasteiger partial charge in [0.2, 0.25) is 5.82 Å². The Balaban J connectivity index is 1.58. The van der Waals surface area contributed by atoms with Crippen molar-refractivity contribution in [3.05, 3.63) is 30.1 Å². The minimum absolute atomic E-state index is 0.475. The van der Waals surface area contributed by atoms with Crippen molar-refractivity contribution in [3.63, 3.8) is 0 Å². The number of ether oxygens (including phenoxy) is 4. The van der Waals surface area contributed by atoms with Crippen molar-refractivity contribution in [3.8, 4) is 17.1 Å². The molecule has 0 aliphatic carbocycles. The molecule has 0 spiro atoms. The Bertz CT molecular complexity index is 593. The molecular formula is C17H24N4O4. The standard InChI is InChI=1S/C17H24N4O4/c1-3-22-8-9-23-10-11-24-12-13-25-16-6-4-15(5-7-16)17-20-18-14(2)19-21-17/h4-7H,3,8-13H2,1-2H3. The molecule has 1 heterocycles. The molecule has 0 aliphatic rings. The first-order valence-electron chi connectivity index (χ1n) is 8.30. The summed E-state index contributed by atoms with van der Waals surface area (Å²) in [4.78, 5) is 0. The van der Waals surface area contributed by atoms with Gasteiger partial charge in [-0.2, -0.15) is 0 Å². The summed E-state index contributed by atoms with van der Waals surface area (Å²) in [6.07, 6.45) is 0. The first-order valence-corrected chi connectivity index (χ1v) is 8.30. The average Bonchev–Trinajstić information content (AvgIpc) is 2.64. The molecule has 0 saturated heterocycles. The molecule has 1 aromatic heterocycles. The Hall–Kier alpha value is -2.16. The monoisotopic (exact) mass is 348 g/mol. The summed E-state index contributed by atoms with van der Waals surface area (Å²) in [6, 6.07) is 7.46. The van der Waals surface area contributed by atoms with E-state index in [1.165, 1.54) is 0 Å². The van der Waals surface area contributed by atoms with Crippen LogP contribution in [-0.2, 0) is 14.2 Å². The molecular weight excluding hydrogens is 324 g/mol. The van der Waals surface area contributed by atoms with E-state index in [2.05, 4.69) is 20.4 Å². The van der Waals surface area contributed by atoms with Crippen molar-refractivity contribution in [1.82, 2.24) is 20.4 Å². The minimum Gasteiger partial charge on any atom is -0.491 e.